The molecule has 2 aliphatic heterocycles. The smallest absolute Gasteiger partial charge is 0.225 e. The van der Waals surface area contributed by atoms with Gasteiger partial charge in [-0.25, -0.2) is 14.6 Å². The Hall–Kier alpha value is -2.79. The lowest BCUT2D eigenvalue weighted by Gasteiger charge is -2.41. The number of piperazine rings is 1. The van der Waals surface area contributed by atoms with Gasteiger partial charge >= 0.3 is 0 Å². The van der Waals surface area contributed by atoms with Crippen LogP contribution in [0.4, 0.5) is 5.82 Å². The number of nitrogens with zero attached hydrogens (tertiary/aromatic N) is 8. The molecular weight excluding hydrogens is 544 g/mol. The normalized spacial score (nSPS) is 23.8. The third-order valence-corrected chi connectivity index (χ3v) is 9.85. The summed E-state index contributed by atoms with van der Waals surface area (Å²) in [5.74, 6) is 2.19. The van der Waals surface area contributed by atoms with E-state index < -0.39 is 0 Å². The highest BCUT2D eigenvalue weighted by molar-refractivity contribution is 5.87. The van der Waals surface area contributed by atoms with Crippen LogP contribution in [0.5, 0.6) is 0 Å². The zero-order chi connectivity index (χ0) is 30.6. The molecule has 2 aromatic heterocycles. The van der Waals surface area contributed by atoms with Crippen LogP contribution in [0.25, 0.3) is 11.0 Å². The van der Waals surface area contributed by atoms with E-state index in [4.69, 9.17) is 9.84 Å². The summed E-state index contributed by atoms with van der Waals surface area (Å²) >= 11 is 0. The van der Waals surface area contributed by atoms with Crippen molar-refractivity contribution in [1.82, 2.24) is 34.4 Å². The number of aromatic nitrogens is 4. The number of carbonyl (C=O) groups excluding carboxylic acids is 2. The Balaban J connectivity index is 1.15. The molecule has 238 valence electrons. The van der Waals surface area contributed by atoms with Crippen LogP contribution in [0, 0.1) is 11.8 Å². The van der Waals surface area contributed by atoms with Crippen LogP contribution in [0.2, 0.25) is 0 Å². The highest BCUT2D eigenvalue weighted by Crippen LogP contribution is 2.33. The Bertz CT molecular complexity index is 1230. The van der Waals surface area contributed by atoms with E-state index in [0.29, 0.717) is 37.9 Å². The van der Waals surface area contributed by atoms with E-state index >= 15 is 0 Å². The molecule has 2 amide bonds. The molecule has 2 saturated heterocycles. The van der Waals surface area contributed by atoms with Crippen molar-refractivity contribution < 1.29 is 14.3 Å². The second-order valence-corrected chi connectivity index (χ2v) is 13.7. The summed E-state index contributed by atoms with van der Waals surface area (Å²) in [6, 6.07) is 0.121. The Kier molecular flexibility index (Phi) is 10.2. The van der Waals surface area contributed by atoms with Gasteiger partial charge in [-0.2, -0.15) is 5.10 Å². The lowest BCUT2D eigenvalue weighted by molar-refractivity contribution is -0.137. The van der Waals surface area contributed by atoms with E-state index in [-0.39, 0.29) is 23.4 Å². The largest absolute Gasteiger partial charge is 0.383 e. The van der Waals surface area contributed by atoms with Crippen LogP contribution >= 0.6 is 0 Å². The van der Waals surface area contributed by atoms with Gasteiger partial charge in [0.15, 0.2) is 5.65 Å². The molecule has 1 atom stereocenters. The molecule has 1 aliphatic carbocycles. The van der Waals surface area contributed by atoms with Crippen LogP contribution in [-0.2, 0) is 14.3 Å². The number of ether oxygens (including phenoxy) is 1. The molecule has 0 N–H and O–H groups in total. The minimum Gasteiger partial charge on any atom is -0.383 e. The molecule has 1 saturated carbocycles. The standard InChI is InChI=1S/C32H52N8O3/c1-6-28(41)38-13-7-8-26(22-38)40-30-27(20-35-40)29(33-23-34-30)36-14-16-37(17-15-36)31(42)25-11-9-24(10-12-25)21-39(18-19-43-5)32(2,3)4/h20,23-26H,6-19,21-22H2,1-5H3. The number of methoxy groups -OCH3 is 1. The van der Waals surface area contributed by atoms with E-state index in [0.717, 1.165) is 94.7 Å². The van der Waals surface area contributed by atoms with Gasteiger partial charge in [0.2, 0.25) is 11.8 Å². The predicted molar refractivity (Wildman–Crippen MR) is 168 cm³/mol. The summed E-state index contributed by atoms with van der Waals surface area (Å²) < 4.78 is 7.34. The van der Waals surface area contributed by atoms with Gasteiger partial charge in [-0.3, -0.25) is 14.5 Å². The maximum absolute atomic E-state index is 13.5. The van der Waals surface area contributed by atoms with Crippen LogP contribution < -0.4 is 4.90 Å². The molecule has 3 fully saturated rings. The van der Waals surface area contributed by atoms with Gasteiger partial charge in [0.1, 0.15) is 12.1 Å². The molecule has 11 nitrogen and oxygen atoms in total. The number of carbonyl (C=O) groups is 2. The predicted octanol–water partition coefficient (Wildman–Crippen LogP) is 3.60. The van der Waals surface area contributed by atoms with Crippen molar-refractivity contribution in [2.24, 2.45) is 11.8 Å². The average molecular weight is 597 g/mol. The lowest BCUT2D eigenvalue weighted by Crippen LogP contribution is -2.51. The summed E-state index contributed by atoms with van der Waals surface area (Å²) in [5, 5.41) is 5.67. The first kappa shape index (κ1) is 31.6. The minimum absolute atomic E-state index is 0.116. The van der Waals surface area contributed by atoms with Gasteiger partial charge in [0.25, 0.3) is 0 Å². The Morgan fingerprint density at radius 3 is 2.42 bits per heavy atom. The molecule has 4 heterocycles. The molecule has 2 aromatic rings. The number of fused-ring (bicyclic) bond motifs is 1. The van der Waals surface area contributed by atoms with Crippen LogP contribution in [-0.4, -0.2) is 118 Å². The van der Waals surface area contributed by atoms with Gasteiger partial charge in [0, 0.05) is 77.3 Å². The number of anilines is 1. The van der Waals surface area contributed by atoms with Crippen molar-refractivity contribution in [3.63, 3.8) is 0 Å². The van der Waals surface area contributed by atoms with Crippen molar-refractivity contribution in [1.29, 1.82) is 0 Å². The molecule has 11 heteroatoms. The van der Waals surface area contributed by atoms with E-state index in [1.807, 2.05) is 22.7 Å². The highest BCUT2D eigenvalue weighted by atomic mass is 16.5. The summed E-state index contributed by atoms with van der Waals surface area (Å²) in [6.07, 6.45) is 10.2. The molecule has 0 radical (unpaired) electrons. The summed E-state index contributed by atoms with van der Waals surface area (Å²) in [4.78, 5) is 43.9. The zero-order valence-electron chi connectivity index (χ0n) is 27.0. The maximum atomic E-state index is 13.5. The van der Waals surface area contributed by atoms with E-state index in [9.17, 15) is 9.59 Å². The number of hydrogen-bond acceptors (Lipinski definition) is 8. The highest BCUT2D eigenvalue weighted by Gasteiger charge is 2.34. The second kappa shape index (κ2) is 13.9. The first-order valence-electron chi connectivity index (χ1n) is 16.4. The quantitative estimate of drug-likeness (QED) is 0.433. The number of rotatable bonds is 9. The molecule has 5 rings (SSSR count). The fraction of sp³-hybridized carbons (Fsp3) is 0.781. The molecule has 1 unspecified atom stereocenters. The molecule has 0 bridgehead atoms. The van der Waals surface area contributed by atoms with E-state index in [1.165, 1.54) is 0 Å². The van der Waals surface area contributed by atoms with E-state index in [2.05, 4.69) is 45.4 Å². The number of likely N-dealkylation sites (tertiary alicyclic amines) is 1. The van der Waals surface area contributed by atoms with Crippen molar-refractivity contribution in [2.45, 2.75) is 84.2 Å². The first-order chi connectivity index (χ1) is 20.7. The number of amides is 2. The molecule has 3 aliphatic rings. The minimum atomic E-state index is 0.116. The SMILES string of the molecule is CCC(=O)N1CCCC(n2ncc3c(N4CCN(C(=O)C5CCC(CN(CCOC)C(C)(C)C)CC5)CC4)ncnc32)C1. The summed E-state index contributed by atoms with van der Waals surface area (Å²) in [7, 11) is 1.77. The van der Waals surface area contributed by atoms with Crippen LogP contribution in [0.3, 0.4) is 0 Å². The van der Waals surface area contributed by atoms with Crippen molar-refractivity contribution in [3.8, 4) is 0 Å². The van der Waals surface area contributed by atoms with Crippen LogP contribution in [0.1, 0.15) is 78.7 Å². The topological polar surface area (TPSA) is 99.9 Å². The summed E-state index contributed by atoms with van der Waals surface area (Å²) in [5.41, 5.74) is 0.939. The molecule has 43 heavy (non-hydrogen) atoms. The average Bonchev–Trinajstić information content (AvgIpc) is 3.47. The van der Waals surface area contributed by atoms with Gasteiger partial charge in [-0.15, -0.1) is 0 Å². The molecule has 0 aromatic carbocycles. The second-order valence-electron chi connectivity index (χ2n) is 13.7. The molecular formula is C32H52N8O3. The Morgan fingerprint density at radius 1 is 1.00 bits per heavy atom. The third-order valence-electron chi connectivity index (χ3n) is 9.85. The van der Waals surface area contributed by atoms with Crippen molar-refractivity contribution in [2.75, 3.05) is 71.0 Å². The zero-order valence-corrected chi connectivity index (χ0v) is 27.0. The number of piperidine rings is 1. The maximum Gasteiger partial charge on any atom is 0.225 e. The Morgan fingerprint density at radius 2 is 1.74 bits per heavy atom. The summed E-state index contributed by atoms with van der Waals surface area (Å²) in [6.45, 7) is 15.9. The molecule has 0 spiro atoms. The van der Waals surface area contributed by atoms with Gasteiger partial charge in [-0.1, -0.05) is 6.92 Å². The Labute approximate surface area is 256 Å². The third kappa shape index (κ3) is 7.30. The van der Waals surface area contributed by atoms with Crippen molar-refractivity contribution in [3.05, 3.63) is 12.5 Å². The number of hydrogen-bond donors (Lipinski definition) is 0. The monoisotopic (exact) mass is 596 g/mol. The fourth-order valence-corrected chi connectivity index (χ4v) is 7.18. The van der Waals surface area contributed by atoms with E-state index in [1.54, 1.807) is 13.4 Å². The fourth-order valence-electron chi connectivity index (χ4n) is 7.18. The van der Waals surface area contributed by atoms with Gasteiger partial charge < -0.3 is 19.4 Å². The first-order valence-corrected chi connectivity index (χ1v) is 16.4. The van der Waals surface area contributed by atoms with Crippen LogP contribution in [0.15, 0.2) is 12.5 Å². The van der Waals surface area contributed by atoms with Gasteiger partial charge in [0.05, 0.1) is 24.2 Å². The van der Waals surface area contributed by atoms with Gasteiger partial charge in [-0.05, 0) is 65.2 Å². The van der Waals surface area contributed by atoms with Crippen molar-refractivity contribution >= 4 is 28.7 Å². The lowest BCUT2D eigenvalue weighted by atomic mass is 9.80.